The lowest BCUT2D eigenvalue weighted by Gasteiger charge is -2.14. The van der Waals surface area contributed by atoms with Crippen LogP contribution in [0.15, 0.2) is 77.0 Å². The first-order valence-electron chi connectivity index (χ1n) is 11.3. The number of aryl methyl sites for hydroxylation is 1. The number of anilines is 1. The molecule has 0 amide bonds. The van der Waals surface area contributed by atoms with Crippen LogP contribution < -0.4 is 5.32 Å². The Morgan fingerprint density at radius 3 is 2.34 bits per heavy atom. The number of halogens is 2. The molecule has 0 heterocycles. The van der Waals surface area contributed by atoms with E-state index in [-0.39, 0.29) is 5.02 Å². The van der Waals surface area contributed by atoms with E-state index in [1.54, 1.807) is 12.1 Å². The first kappa shape index (κ1) is 25.6. The summed E-state index contributed by atoms with van der Waals surface area (Å²) in [7, 11) is 0. The summed E-state index contributed by atoms with van der Waals surface area (Å²) in [5.74, 6) is 0.264. The molecular weight excluding hydrogens is 419 g/mol. The largest absolute Gasteiger partial charge is 0.344 e. The number of benzene rings is 2. The Labute approximate surface area is 197 Å². The van der Waals surface area contributed by atoms with Crippen molar-refractivity contribution in [1.29, 1.82) is 0 Å². The normalized spacial score (nSPS) is 13.5. The van der Waals surface area contributed by atoms with Gasteiger partial charge in [0, 0.05) is 17.5 Å². The molecule has 2 aromatic rings. The summed E-state index contributed by atoms with van der Waals surface area (Å²) in [5, 5.41) is 3.27. The van der Waals surface area contributed by atoms with Gasteiger partial charge in [-0.1, -0.05) is 75.2 Å². The van der Waals surface area contributed by atoms with Crippen molar-refractivity contribution in [2.75, 3.05) is 5.32 Å². The molecule has 1 N–H and O–H groups in total. The highest BCUT2D eigenvalue weighted by Crippen LogP contribution is 2.30. The van der Waals surface area contributed by atoms with Crippen LogP contribution in [0.2, 0.25) is 5.02 Å². The quantitative estimate of drug-likeness (QED) is 0.229. The highest BCUT2D eigenvalue weighted by Gasteiger charge is 2.10. The number of hydrogen-bond acceptors (Lipinski definition) is 1. The van der Waals surface area contributed by atoms with Crippen LogP contribution in [0.4, 0.5) is 10.1 Å². The summed E-state index contributed by atoms with van der Waals surface area (Å²) in [6, 6.07) is 13.3. The smallest absolute Gasteiger partial charge is 0.141 e. The minimum Gasteiger partial charge on any atom is -0.344 e. The van der Waals surface area contributed by atoms with Crippen molar-refractivity contribution in [1.82, 2.24) is 0 Å². The molecule has 2 rings (SSSR count). The fraction of sp³-hybridized carbons (Fsp3) is 0.321. The fourth-order valence-corrected chi connectivity index (χ4v) is 3.52. The molecule has 0 radical (unpaired) electrons. The number of unbranched alkanes of at least 4 members (excludes halogenated alkanes) is 1. The van der Waals surface area contributed by atoms with Crippen LogP contribution in [0.1, 0.15) is 65.0 Å². The highest BCUT2D eigenvalue weighted by atomic mass is 35.5. The lowest BCUT2D eigenvalue weighted by Crippen LogP contribution is -2.07. The van der Waals surface area contributed by atoms with E-state index >= 15 is 0 Å². The first-order chi connectivity index (χ1) is 15.4. The van der Waals surface area contributed by atoms with E-state index in [4.69, 9.17) is 11.6 Å². The van der Waals surface area contributed by atoms with Crippen molar-refractivity contribution >= 4 is 28.7 Å². The molecule has 0 fully saturated rings. The fourth-order valence-electron chi connectivity index (χ4n) is 3.34. The number of nitrogens with zero attached hydrogens (tertiary/aromatic N) is 1. The molecule has 2 nitrogen and oxygen atoms in total. The summed E-state index contributed by atoms with van der Waals surface area (Å²) >= 11 is 5.90. The molecule has 0 aromatic heterocycles. The molecule has 0 saturated carbocycles. The van der Waals surface area contributed by atoms with Crippen molar-refractivity contribution in [2.45, 2.75) is 60.3 Å². The van der Waals surface area contributed by atoms with Gasteiger partial charge in [0.25, 0.3) is 0 Å². The predicted octanol–water partition coefficient (Wildman–Crippen LogP) is 9.00. The minimum absolute atomic E-state index is 0.0843. The number of allylic oxidation sites excluding steroid dienone is 5. The Morgan fingerprint density at radius 2 is 1.75 bits per heavy atom. The molecule has 2 aromatic carbocycles. The van der Waals surface area contributed by atoms with Gasteiger partial charge in [-0.25, -0.2) is 9.38 Å². The van der Waals surface area contributed by atoms with Crippen LogP contribution in [0.25, 0.3) is 5.57 Å². The molecule has 0 spiro atoms. The van der Waals surface area contributed by atoms with Gasteiger partial charge < -0.3 is 5.32 Å². The van der Waals surface area contributed by atoms with Crippen LogP contribution >= 0.6 is 11.6 Å². The summed E-state index contributed by atoms with van der Waals surface area (Å²) in [4.78, 5) is 4.69. The van der Waals surface area contributed by atoms with Crippen LogP contribution in [0.3, 0.4) is 0 Å². The summed E-state index contributed by atoms with van der Waals surface area (Å²) in [5.41, 5.74) is 6.69. The topological polar surface area (TPSA) is 24.4 Å². The Kier molecular flexibility index (Phi) is 10.4. The van der Waals surface area contributed by atoms with Crippen molar-refractivity contribution in [3.05, 3.63) is 93.9 Å². The van der Waals surface area contributed by atoms with Crippen LogP contribution in [0, 0.1) is 5.82 Å². The van der Waals surface area contributed by atoms with Gasteiger partial charge in [-0.3, -0.25) is 0 Å². The van der Waals surface area contributed by atoms with Gasteiger partial charge >= 0.3 is 0 Å². The van der Waals surface area contributed by atoms with E-state index < -0.39 is 5.82 Å². The average molecular weight is 453 g/mol. The van der Waals surface area contributed by atoms with E-state index in [0.29, 0.717) is 11.5 Å². The molecule has 0 unspecified atom stereocenters. The van der Waals surface area contributed by atoms with Crippen molar-refractivity contribution in [3.63, 3.8) is 0 Å². The second kappa shape index (κ2) is 13.0. The second-order valence-corrected chi connectivity index (χ2v) is 8.17. The van der Waals surface area contributed by atoms with E-state index in [9.17, 15) is 4.39 Å². The first-order valence-corrected chi connectivity index (χ1v) is 11.7. The van der Waals surface area contributed by atoms with E-state index in [1.165, 1.54) is 28.3 Å². The third-order valence-corrected chi connectivity index (χ3v) is 5.46. The van der Waals surface area contributed by atoms with Crippen molar-refractivity contribution in [2.24, 2.45) is 4.99 Å². The van der Waals surface area contributed by atoms with Gasteiger partial charge in [-0.2, -0.15) is 0 Å². The van der Waals surface area contributed by atoms with Gasteiger partial charge in [0.15, 0.2) is 0 Å². The number of hydrogen-bond donors (Lipinski definition) is 1. The monoisotopic (exact) mass is 452 g/mol. The molecule has 0 aliphatic rings. The van der Waals surface area contributed by atoms with Gasteiger partial charge in [-0.15, -0.1) is 0 Å². The molecule has 0 aliphatic heterocycles. The zero-order valence-corrected chi connectivity index (χ0v) is 20.6. The maximum absolute atomic E-state index is 13.4. The maximum Gasteiger partial charge on any atom is 0.141 e. The molecule has 32 heavy (non-hydrogen) atoms. The Morgan fingerprint density at radius 1 is 1.03 bits per heavy atom. The van der Waals surface area contributed by atoms with Gasteiger partial charge in [-0.05, 0) is 73.6 Å². The molecule has 0 aliphatic carbocycles. The molecule has 0 atom stereocenters. The zero-order valence-electron chi connectivity index (χ0n) is 19.8. The van der Waals surface area contributed by atoms with Crippen molar-refractivity contribution < 1.29 is 4.39 Å². The number of rotatable bonds is 9. The highest BCUT2D eigenvalue weighted by molar-refractivity contribution is 6.31. The molecule has 4 heteroatoms. The standard InChI is InChI=1S/C28H34ClFN2/c1-6-9-11-20(4)26(25(10-7-2)23-14-12-22(8-3)13-15-23)19-31-21(5)32-24-16-17-28(30)27(29)18-24/h10-19H,6-9H2,1-5H3,(H,31,32)/b20-11+,25-10-,26-19+. The van der Waals surface area contributed by atoms with Gasteiger partial charge in [0.05, 0.1) is 5.02 Å². The number of nitrogens with one attached hydrogen (secondary N) is 1. The summed E-state index contributed by atoms with van der Waals surface area (Å²) in [6.07, 6.45) is 10.5. The SMILES string of the molecule is CC\C=C(C(=C/N=C(C)Nc1ccc(F)c(Cl)c1)/C(C)=C/CCC)\c1ccc(CC)cc1. The molecule has 0 saturated heterocycles. The van der Waals surface area contributed by atoms with Gasteiger partial charge in [0.2, 0.25) is 0 Å². The maximum atomic E-state index is 13.4. The third kappa shape index (κ3) is 7.49. The van der Waals surface area contributed by atoms with Crippen molar-refractivity contribution in [3.8, 4) is 0 Å². The van der Waals surface area contributed by atoms with Crippen LogP contribution in [-0.4, -0.2) is 5.84 Å². The molecule has 170 valence electrons. The zero-order chi connectivity index (χ0) is 23.5. The Hall–Kier alpha value is -2.65. The number of aliphatic imine (C=N–C) groups is 1. The average Bonchev–Trinajstić information content (AvgIpc) is 2.79. The molecule has 0 bridgehead atoms. The molecular formula is C28H34ClFN2. The van der Waals surface area contributed by atoms with E-state index in [1.807, 2.05) is 13.1 Å². The summed E-state index contributed by atoms with van der Waals surface area (Å²) < 4.78 is 13.4. The predicted molar refractivity (Wildman–Crippen MR) is 139 cm³/mol. The lowest BCUT2D eigenvalue weighted by atomic mass is 9.91. The van der Waals surface area contributed by atoms with Gasteiger partial charge in [0.1, 0.15) is 11.7 Å². The van der Waals surface area contributed by atoms with E-state index in [2.05, 4.69) is 74.4 Å². The van der Waals surface area contributed by atoms with Crippen LogP contribution in [0.5, 0.6) is 0 Å². The number of amidine groups is 1. The summed E-state index contributed by atoms with van der Waals surface area (Å²) in [6.45, 7) is 10.5. The third-order valence-electron chi connectivity index (χ3n) is 5.17. The Balaban J connectivity index is 2.44. The Bertz CT molecular complexity index is 1010. The van der Waals surface area contributed by atoms with Crippen LogP contribution in [-0.2, 0) is 6.42 Å². The minimum atomic E-state index is -0.436. The lowest BCUT2D eigenvalue weighted by molar-refractivity contribution is 0.628. The van der Waals surface area contributed by atoms with E-state index in [0.717, 1.165) is 31.3 Å². The second-order valence-electron chi connectivity index (χ2n) is 7.76.